The minimum Gasteiger partial charge on any atom is -0.313 e. The SMILES string of the molecule is CCO[P+](=O)CNC(C)=O. The van der Waals surface area contributed by atoms with E-state index in [1.807, 2.05) is 0 Å². The molecule has 1 unspecified atom stereocenters. The Morgan fingerprint density at radius 1 is 1.70 bits per heavy atom. The van der Waals surface area contributed by atoms with E-state index in [-0.39, 0.29) is 12.2 Å². The minimum atomic E-state index is -1.70. The van der Waals surface area contributed by atoms with Gasteiger partial charge in [0, 0.05) is 6.92 Å². The minimum absolute atomic E-state index is 0.110. The number of amides is 1. The molecule has 5 heteroatoms. The second-order valence-electron chi connectivity index (χ2n) is 1.64. The van der Waals surface area contributed by atoms with E-state index in [2.05, 4.69) is 9.84 Å². The van der Waals surface area contributed by atoms with Gasteiger partial charge in [-0.25, -0.2) is 0 Å². The Labute approximate surface area is 60.8 Å². The van der Waals surface area contributed by atoms with Crippen LogP contribution in [0.3, 0.4) is 0 Å². The van der Waals surface area contributed by atoms with E-state index < -0.39 is 8.03 Å². The maximum Gasteiger partial charge on any atom is 0.529 e. The fourth-order valence-electron chi connectivity index (χ4n) is 0.366. The molecule has 0 aliphatic carbocycles. The Morgan fingerprint density at radius 2 is 2.30 bits per heavy atom. The van der Waals surface area contributed by atoms with Crippen LogP contribution in [-0.4, -0.2) is 18.8 Å². The van der Waals surface area contributed by atoms with Crippen LogP contribution in [0.15, 0.2) is 0 Å². The van der Waals surface area contributed by atoms with Gasteiger partial charge in [0.05, 0.1) is 6.61 Å². The van der Waals surface area contributed by atoms with Crippen molar-refractivity contribution in [2.24, 2.45) is 0 Å². The molecule has 0 aromatic rings. The van der Waals surface area contributed by atoms with Crippen LogP contribution in [0.5, 0.6) is 0 Å². The predicted octanol–water partition coefficient (Wildman–Crippen LogP) is 0.859. The number of carbonyl (C=O) groups is 1. The van der Waals surface area contributed by atoms with Crippen molar-refractivity contribution >= 4 is 13.9 Å². The van der Waals surface area contributed by atoms with Gasteiger partial charge < -0.3 is 5.32 Å². The van der Waals surface area contributed by atoms with Crippen LogP contribution in [-0.2, 0) is 13.9 Å². The largest absolute Gasteiger partial charge is 0.529 e. The van der Waals surface area contributed by atoms with Crippen LogP contribution in [0.2, 0.25) is 0 Å². The van der Waals surface area contributed by atoms with Crippen LogP contribution in [0, 0.1) is 0 Å². The van der Waals surface area contributed by atoms with Crippen LogP contribution in [0.4, 0.5) is 0 Å². The smallest absolute Gasteiger partial charge is 0.313 e. The number of carbonyl (C=O) groups excluding carboxylic acids is 1. The summed E-state index contributed by atoms with van der Waals surface area (Å²) in [5.41, 5.74) is 0. The third-order valence-electron chi connectivity index (χ3n) is 0.730. The molecule has 0 aromatic heterocycles. The Hall–Kier alpha value is -0.470. The molecule has 1 amide bonds. The Bertz CT molecular complexity index is 137. The molecule has 0 rings (SSSR count). The molecule has 0 bridgehead atoms. The van der Waals surface area contributed by atoms with Gasteiger partial charge in [0.25, 0.3) is 0 Å². The summed E-state index contributed by atoms with van der Waals surface area (Å²) >= 11 is 0. The highest BCUT2D eigenvalue weighted by Gasteiger charge is 2.15. The molecule has 4 nitrogen and oxygen atoms in total. The van der Waals surface area contributed by atoms with Gasteiger partial charge in [0.1, 0.15) is 0 Å². The first-order valence-corrected chi connectivity index (χ1v) is 4.35. The number of rotatable bonds is 4. The summed E-state index contributed by atoms with van der Waals surface area (Å²) in [6, 6.07) is 0. The highest BCUT2D eigenvalue weighted by molar-refractivity contribution is 7.39. The highest BCUT2D eigenvalue weighted by atomic mass is 31.1. The zero-order chi connectivity index (χ0) is 7.98. The second-order valence-corrected chi connectivity index (χ2v) is 2.88. The van der Waals surface area contributed by atoms with Crippen molar-refractivity contribution in [2.45, 2.75) is 13.8 Å². The van der Waals surface area contributed by atoms with Gasteiger partial charge in [-0.2, -0.15) is 0 Å². The van der Waals surface area contributed by atoms with Crippen LogP contribution in [0.1, 0.15) is 13.8 Å². The molecular weight excluding hydrogens is 153 g/mol. The van der Waals surface area contributed by atoms with Gasteiger partial charge in [-0.15, -0.1) is 4.52 Å². The summed E-state index contributed by atoms with van der Waals surface area (Å²) in [5.74, 6) is -0.192. The van der Waals surface area contributed by atoms with Crippen molar-refractivity contribution in [3.05, 3.63) is 0 Å². The normalized spacial score (nSPS) is 10.8. The van der Waals surface area contributed by atoms with Crippen molar-refractivity contribution in [2.75, 3.05) is 12.9 Å². The third-order valence-corrected chi connectivity index (χ3v) is 1.69. The lowest BCUT2D eigenvalue weighted by Crippen LogP contribution is -2.18. The third kappa shape index (κ3) is 5.66. The van der Waals surface area contributed by atoms with Gasteiger partial charge >= 0.3 is 8.03 Å². The molecule has 0 aliphatic rings. The van der Waals surface area contributed by atoms with Gasteiger partial charge in [0.2, 0.25) is 12.2 Å². The molecule has 1 atom stereocenters. The zero-order valence-electron chi connectivity index (χ0n) is 6.09. The Morgan fingerprint density at radius 3 is 2.70 bits per heavy atom. The molecule has 0 fully saturated rings. The van der Waals surface area contributed by atoms with E-state index >= 15 is 0 Å². The molecule has 1 N–H and O–H groups in total. The highest BCUT2D eigenvalue weighted by Crippen LogP contribution is 2.18. The fraction of sp³-hybridized carbons (Fsp3) is 0.800. The molecule has 0 aromatic carbocycles. The van der Waals surface area contributed by atoms with Gasteiger partial charge in [-0.3, -0.25) is 4.79 Å². The van der Waals surface area contributed by atoms with E-state index in [9.17, 15) is 9.36 Å². The van der Waals surface area contributed by atoms with E-state index in [0.717, 1.165) is 0 Å². The lowest BCUT2D eigenvalue weighted by molar-refractivity contribution is -0.118. The maximum absolute atomic E-state index is 10.7. The standard InChI is InChI=1S/C5H10NO3P/c1-3-9-10(8)4-6-5(2)7/h3-4H2,1-2H3/p+1. The molecule has 0 radical (unpaired) electrons. The average molecular weight is 164 g/mol. The van der Waals surface area contributed by atoms with Gasteiger partial charge in [-0.05, 0) is 11.5 Å². The van der Waals surface area contributed by atoms with Crippen molar-refractivity contribution in [1.82, 2.24) is 5.32 Å². The summed E-state index contributed by atoms with van der Waals surface area (Å²) < 4.78 is 15.3. The Kier molecular flexibility index (Phi) is 5.08. The van der Waals surface area contributed by atoms with E-state index in [0.29, 0.717) is 6.61 Å². The lowest BCUT2D eigenvalue weighted by Gasteiger charge is -1.88. The van der Waals surface area contributed by atoms with Crippen molar-refractivity contribution in [1.29, 1.82) is 0 Å². The molecule has 0 heterocycles. The monoisotopic (exact) mass is 164 g/mol. The van der Waals surface area contributed by atoms with Crippen molar-refractivity contribution in [3.63, 3.8) is 0 Å². The number of nitrogens with one attached hydrogen (secondary N) is 1. The fourth-order valence-corrected chi connectivity index (χ4v) is 1.10. The van der Waals surface area contributed by atoms with Crippen molar-refractivity contribution in [3.8, 4) is 0 Å². The van der Waals surface area contributed by atoms with Crippen LogP contribution >= 0.6 is 8.03 Å². The van der Waals surface area contributed by atoms with Crippen molar-refractivity contribution < 1.29 is 13.9 Å². The van der Waals surface area contributed by atoms with E-state index in [1.165, 1.54) is 6.92 Å². The zero-order valence-corrected chi connectivity index (χ0v) is 6.98. The summed E-state index contributed by atoms with van der Waals surface area (Å²) in [6.07, 6.45) is 0.110. The van der Waals surface area contributed by atoms with E-state index in [4.69, 9.17) is 0 Å². The lowest BCUT2D eigenvalue weighted by atomic mass is 10.7. The number of hydrogen-bond donors (Lipinski definition) is 1. The van der Waals surface area contributed by atoms with Gasteiger partial charge in [-0.1, -0.05) is 0 Å². The van der Waals surface area contributed by atoms with Crippen LogP contribution in [0.25, 0.3) is 0 Å². The quantitative estimate of drug-likeness (QED) is 0.627. The first-order valence-electron chi connectivity index (χ1n) is 2.98. The Balaban J connectivity index is 3.30. The van der Waals surface area contributed by atoms with Gasteiger partial charge in [0.15, 0.2) is 0 Å². The first-order chi connectivity index (χ1) is 4.66. The molecule has 58 valence electrons. The summed E-state index contributed by atoms with van der Waals surface area (Å²) in [4.78, 5) is 10.3. The first kappa shape index (κ1) is 9.53. The summed E-state index contributed by atoms with van der Waals surface area (Å²) in [6.45, 7) is 3.53. The summed E-state index contributed by atoms with van der Waals surface area (Å²) in [5, 5.41) is 2.38. The molecule has 0 saturated carbocycles. The molecule has 0 saturated heterocycles. The maximum atomic E-state index is 10.7. The predicted molar refractivity (Wildman–Crippen MR) is 37.9 cm³/mol. The average Bonchev–Trinajstić information content (AvgIpc) is 1.85. The molecule has 10 heavy (non-hydrogen) atoms. The van der Waals surface area contributed by atoms with E-state index in [1.54, 1.807) is 6.92 Å². The topological polar surface area (TPSA) is 55.4 Å². The number of hydrogen-bond acceptors (Lipinski definition) is 3. The summed E-state index contributed by atoms with van der Waals surface area (Å²) in [7, 11) is -1.70. The second kappa shape index (κ2) is 5.33. The molecule has 0 spiro atoms. The molecule has 0 aliphatic heterocycles. The molecular formula is C5H11NO3P+. The van der Waals surface area contributed by atoms with Crippen LogP contribution < -0.4 is 5.32 Å².